The third-order valence-electron chi connectivity index (χ3n) is 3.57. The Bertz CT molecular complexity index is 659. The van der Waals surface area contributed by atoms with E-state index in [1.807, 2.05) is 6.92 Å². The predicted octanol–water partition coefficient (Wildman–Crippen LogP) is 1.33. The van der Waals surface area contributed by atoms with Crippen LogP contribution in [0.15, 0.2) is 29.2 Å². The summed E-state index contributed by atoms with van der Waals surface area (Å²) in [5, 5.41) is 0. The fourth-order valence-electron chi connectivity index (χ4n) is 1.99. The fourth-order valence-corrected chi connectivity index (χ4v) is 2.89. The van der Waals surface area contributed by atoms with Crippen molar-refractivity contribution in [1.29, 1.82) is 0 Å². The molecule has 0 bridgehead atoms. The number of methoxy groups -OCH3 is 1. The second-order valence-electron chi connectivity index (χ2n) is 5.86. The fraction of sp³-hybridized carbons (Fsp3) is 0.632. The maximum atomic E-state index is 12.0. The van der Waals surface area contributed by atoms with E-state index in [1.54, 1.807) is 12.1 Å². The van der Waals surface area contributed by atoms with E-state index in [9.17, 15) is 13.2 Å². The zero-order valence-electron chi connectivity index (χ0n) is 17.0. The molecule has 1 rings (SSSR count). The molecule has 1 aromatic rings. The number of aryl methyl sites for hydroxylation is 1. The van der Waals surface area contributed by atoms with Crippen LogP contribution < -0.4 is 0 Å². The van der Waals surface area contributed by atoms with Gasteiger partial charge in [0.05, 0.1) is 77.9 Å². The highest BCUT2D eigenvalue weighted by Gasteiger charge is 2.14. The summed E-state index contributed by atoms with van der Waals surface area (Å²) >= 11 is 0. The molecular weight excluding hydrogens is 404 g/mol. The first-order chi connectivity index (χ1) is 14.0. The molecule has 0 unspecified atom stereocenters. The molecule has 1 aromatic carbocycles. The van der Waals surface area contributed by atoms with E-state index in [4.69, 9.17) is 23.1 Å². The van der Waals surface area contributed by atoms with E-state index >= 15 is 0 Å². The number of benzene rings is 1. The lowest BCUT2D eigenvalue weighted by Crippen LogP contribution is -2.15. The topological polar surface area (TPSA) is 107 Å². The van der Waals surface area contributed by atoms with Gasteiger partial charge in [-0.05, 0) is 19.1 Å². The van der Waals surface area contributed by atoms with E-state index in [-0.39, 0.29) is 30.5 Å². The van der Waals surface area contributed by atoms with Crippen molar-refractivity contribution >= 4 is 16.1 Å². The van der Waals surface area contributed by atoms with Crippen LogP contribution in [0, 0.1) is 6.92 Å². The second-order valence-corrected chi connectivity index (χ2v) is 7.48. The van der Waals surface area contributed by atoms with Gasteiger partial charge >= 0.3 is 5.97 Å². The lowest BCUT2D eigenvalue weighted by Gasteiger charge is -2.08. The summed E-state index contributed by atoms with van der Waals surface area (Å²) in [7, 11) is -2.43. The molecule has 0 heterocycles. The summed E-state index contributed by atoms with van der Waals surface area (Å²) in [6.07, 6.45) is 0.225. The number of carbonyl (C=O) groups excluding carboxylic acids is 1. The molecule has 0 saturated heterocycles. The highest BCUT2D eigenvalue weighted by molar-refractivity contribution is 7.86. The maximum absolute atomic E-state index is 12.0. The van der Waals surface area contributed by atoms with Gasteiger partial charge in [-0.3, -0.25) is 8.98 Å². The third kappa shape index (κ3) is 12.6. The molecule has 0 amide bonds. The minimum absolute atomic E-state index is 0.0602. The van der Waals surface area contributed by atoms with Gasteiger partial charge in [0.1, 0.15) is 0 Å². The van der Waals surface area contributed by atoms with Gasteiger partial charge in [0.25, 0.3) is 10.1 Å². The standard InChI is InChI=1S/C19H30O9S/c1-17-3-5-18(6-4-17)29(21,22)28-16-15-27-14-13-26-12-11-25-10-9-24-8-7-19(20)23-2/h3-6H,7-16H2,1-2H3. The van der Waals surface area contributed by atoms with Crippen molar-refractivity contribution in [3.8, 4) is 0 Å². The van der Waals surface area contributed by atoms with Crippen LogP contribution in [0.3, 0.4) is 0 Å². The van der Waals surface area contributed by atoms with Gasteiger partial charge in [-0.25, -0.2) is 0 Å². The predicted molar refractivity (Wildman–Crippen MR) is 104 cm³/mol. The summed E-state index contributed by atoms with van der Waals surface area (Å²) in [5.74, 6) is -0.305. The normalized spacial score (nSPS) is 11.5. The van der Waals surface area contributed by atoms with Gasteiger partial charge < -0.3 is 23.7 Å². The number of carbonyl (C=O) groups is 1. The van der Waals surface area contributed by atoms with Gasteiger partial charge in [-0.2, -0.15) is 8.42 Å². The Morgan fingerprint density at radius 1 is 0.759 bits per heavy atom. The number of hydrogen-bond acceptors (Lipinski definition) is 9. The maximum Gasteiger partial charge on any atom is 0.307 e. The van der Waals surface area contributed by atoms with Crippen LogP contribution in [0.2, 0.25) is 0 Å². The molecular formula is C19H30O9S. The second kappa shape index (κ2) is 15.3. The largest absolute Gasteiger partial charge is 0.469 e. The lowest BCUT2D eigenvalue weighted by molar-refractivity contribution is -0.141. The molecule has 9 nitrogen and oxygen atoms in total. The summed E-state index contributed by atoms with van der Waals surface area (Å²) in [6, 6.07) is 6.45. The van der Waals surface area contributed by atoms with Crippen molar-refractivity contribution in [3.05, 3.63) is 29.8 Å². The summed E-state index contributed by atoms with van der Waals surface area (Å²) in [5.41, 5.74) is 0.974. The molecule has 0 aliphatic heterocycles. The molecule has 0 aromatic heterocycles. The van der Waals surface area contributed by atoms with Crippen molar-refractivity contribution in [2.24, 2.45) is 0 Å². The Balaban J connectivity index is 1.89. The molecule has 0 N–H and O–H groups in total. The van der Waals surface area contributed by atoms with Crippen LogP contribution in [-0.2, 0) is 42.8 Å². The molecule has 0 spiro atoms. The Hall–Kier alpha value is -1.56. The van der Waals surface area contributed by atoms with Crippen LogP contribution in [0.4, 0.5) is 0 Å². The molecule has 0 atom stereocenters. The van der Waals surface area contributed by atoms with Crippen molar-refractivity contribution < 1.29 is 41.1 Å². The van der Waals surface area contributed by atoms with Crippen LogP contribution >= 0.6 is 0 Å². The summed E-state index contributed by atoms with van der Waals surface area (Å²) in [6.45, 7) is 4.59. The Labute approximate surface area is 172 Å². The average molecular weight is 435 g/mol. The van der Waals surface area contributed by atoms with Gasteiger partial charge in [0, 0.05) is 0 Å². The SMILES string of the molecule is COC(=O)CCOCCOCCOCCOCCOS(=O)(=O)c1ccc(C)cc1. The first-order valence-electron chi connectivity index (χ1n) is 9.29. The quantitative estimate of drug-likeness (QED) is 0.204. The molecule has 166 valence electrons. The zero-order chi connectivity index (χ0) is 21.4. The zero-order valence-corrected chi connectivity index (χ0v) is 17.8. The number of hydrogen-bond donors (Lipinski definition) is 0. The summed E-state index contributed by atoms with van der Waals surface area (Å²) < 4.78 is 54.4. The Morgan fingerprint density at radius 3 is 1.69 bits per heavy atom. The minimum Gasteiger partial charge on any atom is -0.469 e. The molecule has 0 saturated carbocycles. The monoisotopic (exact) mass is 434 g/mol. The van der Waals surface area contributed by atoms with Gasteiger partial charge in [0.2, 0.25) is 0 Å². The molecule has 0 aliphatic rings. The molecule has 0 aliphatic carbocycles. The van der Waals surface area contributed by atoms with Gasteiger partial charge in [-0.1, -0.05) is 17.7 Å². The van der Waals surface area contributed by atoms with Crippen LogP contribution in [0.5, 0.6) is 0 Å². The average Bonchev–Trinajstić information content (AvgIpc) is 2.70. The number of rotatable bonds is 17. The van der Waals surface area contributed by atoms with Crippen LogP contribution in [0.25, 0.3) is 0 Å². The van der Waals surface area contributed by atoms with E-state index in [2.05, 4.69) is 4.74 Å². The first kappa shape index (κ1) is 25.5. The van der Waals surface area contributed by atoms with E-state index in [1.165, 1.54) is 19.2 Å². The molecule has 0 radical (unpaired) electrons. The van der Waals surface area contributed by atoms with Crippen molar-refractivity contribution in [2.75, 3.05) is 66.6 Å². The highest BCUT2D eigenvalue weighted by Crippen LogP contribution is 2.12. The van der Waals surface area contributed by atoms with E-state index in [0.29, 0.717) is 46.2 Å². The van der Waals surface area contributed by atoms with E-state index in [0.717, 1.165) is 5.56 Å². The van der Waals surface area contributed by atoms with Crippen molar-refractivity contribution in [3.63, 3.8) is 0 Å². The van der Waals surface area contributed by atoms with E-state index < -0.39 is 10.1 Å². The summed E-state index contributed by atoms with van der Waals surface area (Å²) in [4.78, 5) is 11.0. The first-order valence-corrected chi connectivity index (χ1v) is 10.7. The lowest BCUT2D eigenvalue weighted by atomic mass is 10.2. The Kier molecular flexibility index (Phi) is 13.4. The van der Waals surface area contributed by atoms with Crippen LogP contribution in [0.1, 0.15) is 12.0 Å². The smallest absolute Gasteiger partial charge is 0.307 e. The molecule has 0 fully saturated rings. The number of ether oxygens (including phenoxy) is 5. The third-order valence-corrected chi connectivity index (χ3v) is 4.90. The molecule has 10 heteroatoms. The van der Waals surface area contributed by atoms with Gasteiger partial charge in [0.15, 0.2) is 0 Å². The minimum atomic E-state index is -3.76. The molecule has 29 heavy (non-hydrogen) atoms. The van der Waals surface area contributed by atoms with Crippen molar-refractivity contribution in [1.82, 2.24) is 0 Å². The Morgan fingerprint density at radius 2 is 1.21 bits per heavy atom. The van der Waals surface area contributed by atoms with Gasteiger partial charge in [-0.15, -0.1) is 0 Å². The van der Waals surface area contributed by atoms with Crippen molar-refractivity contribution in [2.45, 2.75) is 18.2 Å². The number of esters is 1. The van der Waals surface area contributed by atoms with Crippen LogP contribution in [-0.4, -0.2) is 81.0 Å². The highest BCUT2D eigenvalue weighted by atomic mass is 32.2.